The van der Waals surface area contributed by atoms with Gasteiger partial charge in [0.25, 0.3) is 0 Å². The molecule has 1 aromatic heterocycles. The number of carbonyl (C=O) groups is 1. The summed E-state index contributed by atoms with van der Waals surface area (Å²) < 4.78 is 36.3. The van der Waals surface area contributed by atoms with Gasteiger partial charge in [0, 0.05) is 29.2 Å². The van der Waals surface area contributed by atoms with E-state index in [2.05, 4.69) is 4.98 Å². The van der Waals surface area contributed by atoms with E-state index in [1.165, 1.54) is 18.3 Å². The molecular weight excluding hydrogens is 354 g/mol. The predicted octanol–water partition coefficient (Wildman–Crippen LogP) is 3.28. The fourth-order valence-electron chi connectivity index (χ4n) is 2.55. The Labute approximate surface area is 151 Å². The van der Waals surface area contributed by atoms with Gasteiger partial charge in [-0.15, -0.1) is 0 Å². The second kappa shape index (κ2) is 7.13. The van der Waals surface area contributed by atoms with Gasteiger partial charge in [0.15, 0.2) is 12.4 Å². The average Bonchev–Trinajstić information content (AvgIpc) is 2.60. The topological polar surface area (TPSA) is 82.6 Å². The third-order valence-electron chi connectivity index (χ3n) is 3.65. The van der Waals surface area contributed by atoms with Gasteiger partial charge in [-0.3, -0.25) is 9.78 Å². The molecule has 3 aromatic rings. The van der Waals surface area contributed by atoms with Crippen LogP contribution in [0.15, 0.2) is 59.8 Å². The van der Waals surface area contributed by atoms with Crippen molar-refractivity contribution in [2.45, 2.75) is 24.8 Å². The van der Waals surface area contributed by atoms with Gasteiger partial charge in [0.05, 0.1) is 0 Å². The Kier molecular flexibility index (Phi) is 4.90. The van der Waals surface area contributed by atoms with E-state index in [-0.39, 0.29) is 10.6 Å². The summed E-state index contributed by atoms with van der Waals surface area (Å²) in [6.07, 6.45) is 3.13. The second-order valence-electron chi connectivity index (χ2n) is 5.83. The fourth-order valence-corrected chi connectivity index (χ4v) is 3.69. The number of pyridine rings is 1. The molecule has 0 aliphatic carbocycles. The average molecular weight is 371 g/mol. The summed E-state index contributed by atoms with van der Waals surface area (Å²) >= 11 is 0. The Morgan fingerprint density at radius 3 is 2.65 bits per heavy atom. The van der Waals surface area contributed by atoms with Gasteiger partial charge < -0.3 is 8.92 Å². The van der Waals surface area contributed by atoms with Crippen LogP contribution in [-0.2, 0) is 14.9 Å². The predicted molar refractivity (Wildman–Crippen MR) is 96.9 cm³/mol. The first-order valence-corrected chi connectivity index (χ1v) is 9.31. The fraction of sp³-hybridized carbons (Fsp3) is 0.158. The lowest BCUT2D eigenvalue weighted by Crippen LogP contribution is -2.13. The molecule has 6 nitrogen and oxygen atoms in total. The minimum absolute atomic E-state index is 0.0580. The Morgan fingerprint density at radius 2 is 1.88 bits per heavy atom. The summed E-state index contributed by atoms with van der Waals surface area (Å²) in [6, 6.07) is 11.3. The molecule has 2 aromatic carbocycles. The van der Waals surface area contributed by atoms with Gasteiger partial charge >= 0.3 is 10.1 Å². The zero-order chi connectivity index (χ0) is 18.7. The number of rotatable bonds is 6. The van der Waals surface area contributed by atoms with Gasteiger partial charge in [0.1, 0.15) is 16.4 Å². The van der Waals surface area contributed by atoms with Crippen molar-refractivity contribution in [2.75, 3.05) is 0 Å². The summed E-state index contributed by atoms with van der Waals surface area (Å²) in [5.41, 5.74) is 0.743. The van der Waals surface area contributed by atoms with Crippen molar-refractivity contribution in [3.8, 4) is 11.5 Å². The Bertz CT molecular complexity index is 1060. The molecule has 0 radical (unpaired) electrons. The molecule has 0 spiro atoms. The minimum Gasteiger partial charge on any atom is -0.483 e. The van der Waals surface area contributed by atoms with Gasteiger partial charge in [-0.1, -0.05) is 12.1 Å². The molecule has 26 heavy (non-hydrogen) atoms. The van der Waals surface area contributed by atoms with Crippen molar-refractivity contribution in [1.29, 1.82) is 0 Å². The Balaban J connectivity index is 1.98. The van der Waals surface area contributed by atoms with Crippen LogP contribution in [0.2, 0.25) is 0 Å². The van der Waals surface area contributed by atoms with Gasteiger partial charge in [-0.2, -0.15) is 8.42 Å². The summed E-state index contributed by atoms with van der Waals surface area (Å²) in [4.78, 5) is 14.8. The van der Waals surface area contributed by atoms with Crippen LogP contribution in [0.4, 0.5) is 0 Å². The molecule has 0 saturated carbocycles. The molecule has 0 amide bonds. The van der Waals surface area contributed by atoms with E-state index in [1.54, 1.807) is 50.4 Å². The molecule has 7 heteroatoms. The van der Waals surface area contributed by atoms with E-state index in [4.69, 9.17) is 8.92 Å². The third kappa shape index (κ3) is 3.83. The number of aldehydes is 1. The number of ether oxygens (including phenoxy) is 1. The van der Waals surface area contributed by atoms with Crippen LogP contribution in [0.3, 0.4) is 0 Å². The molecule has 1 heterocycles. The lowest BCUT2D eigenvalue weighted by molar-refractivity contribution is -0.113. The maximum Gasteiger partial charge on any atom is 0.339 e. The molecule has 134 valence electrons. The summed E-state index contributed by atoms with van der Waals surface area (Å²) in [6.45, 7) is 3.37. The first kappa shape index (κ1) is 17.9. The maximum absolute atomic E-state index is 12.8. The number of benzene rings is 2. The highest BCUT2D eigenvalue weighted by atomic mass is 32.2. The van der Waals surface area contributed by atoms with Crippen molar-refractivity contribution >= 4 is 27.2 Å². The molecule has 0 saturated heterocycles. The van der Waals surface area contributed by atoms with E-state index in [0.717, 1.165) is 5.56 Å². The van der Waals surface area contributed by atoms with Crippen LogP contribution < -0.4 is 8.92 Å². The van der Waals surface area contributed by atoms with Crippen molar-refractivity contribution in [3.05, 3.63) is 60.4 Å². The number of aromatic nitrogens is 1. The lowest BCUT2D eigenvalue weighted by atomic mass is 10.2. The minimum atomic E-state index is -4.06. The van der Waals surface area contributed by atoms with Crippen LogP contribution in [0.25, 0.3) is 10.8 Å². The van der Waals surface area contributed by atoms with E-state index in [0.29, 0.717) is 22.8 Å². The summed E-state index contributed by atoms with van der Waals surface area (Å²) in [5, 5.41) is 1.23. The van der Waals surface area contributed by atoms with Gasteiger partial charge in [-0.05, 0) is 43.7 Å². The largest absolute Gasteiger partial charge is 0.483 e. The zero-order valence-electron chi connectivity index (χ0n) is 14.2. The van der Waals surface area contributed by atoms with Gasteiger partial charge in [-0.25, -0.2) is 0 Å². The molecule has 1 unspecified atom stereocenters. The normalized spacial score (nSPS) is 12.5. The number of nitrogens with zero attached hydrogens (tertiary/aromatic N) is 1. The molecule has 3 rings (SSSR count). The van der Waals surface area contributed by atoms with Crippen molar-refractivity contribution in [2.24, 2.45) is 0 Å². The highest BCUT2D eigenvalue weighted by molar-refractivity contribution is 7.87. The SMILES string of the molecule is Cc1cc(OC(C)C=O)cc(OS(=O)(=O)c2cccc3cnccc23)c1. The molecular formula is C19H17NO5S. The van der Waals surface area contributed by atoms with Crippen LogP contribution in [-0.4, -0.2) is 25.8 Å². The van der Waals surface area contributed by atoms with Crippen molar-refractivity contribution in [1.82, 2.24) is 4.98 Å². The first-order valence-electron chi connectivity index (χ1n) is 7.90. The lowest BCUT2D eigenvalue weighted by Gasteiger charge is -2.13. The highest BCUT2D eigenvalue weighted by Gasteiger charge is 2.20. The zero-order valence-corrected chi connectivity index (χ0v) is 15.1. The number of hydrogen-bond donors (Lipinski definition) is 0. The van der Waals surface area contributed by atoms with Crippen LogP contribution >= 0.6 is 0 Å². The Hall–Kier alpha value is -2.93. The Morgan fingerprint density at radius 1 is 1.12 bits per heavy atom. The first-order chi connectivity index (χ1) is 12.4. The van der Waals surface area contributed by atoms with E-state index < -0.39 is 16.2 Å². The van der Waals surface area contributed by atoms with Crippen LogP contribution in [0.1, 0.15) is 12.5 Å². The van der Waals surface area contributed by atoms with Crippen LogP contribution in [0.5, 0.6) is 11.5 Å². The van der Waals surface area contributed by atoms with E-state index >= 15 is 0 Å². The van der Waals surface area contributed by atoms with Crippen LogP contribution in [0, 0.1) is 6.92 Å². The number of carbonyl (C=O) groups excluding carboxylic acids is 1. The van der Waals surface area contributed by atoms with E-state index in [9.17, 15) is 13.2 Å². The quantitative estimate of drug-likeness (QED) is 0.488. The number of hydrogen-bond acceptors (Lipinski definition) is 6. The number of aryl methyl sites for hydroxylation is 1. The molecule has 1 atom stereocenters. The highest BCUT2D eigenvalue weighted by Crippen LogP contribution is 2.28. The molecule has 0 fully saturated rings. The molecule has 0 aliphatic heterocycles. The standard InChI is InChI=1S/C19H17NO5S/c1-13-8-16(24-14(2)12-21)10-17(9-13)25-26(22,23)19-5-3-4-15-11-20-7-6-18(15)19/h3-12,14H,1-2H3. The van der Waals surface area contributed by atoms with Crippen molar-refractivity contribution in [3.63, 3.8) is 0 Å². The second-order valence-corrected chi connectivity index (χ2v) is 7.35. The van der Waals surface area contributed by atoms with E-state index in [1.807, 2.05) is 0 Å². The van der Waals surface area contributed by atoms with Gasteiger partial charge in [0.2, 0.25) is 0 Å². The summed E-state index contributed by atoms with van der Waals surface area (Å²) in [5.74, 6) is 0.473. The molecule has 0 bridgehead atoms. The monoisotopic (exact) mass is 371 g/mol. The maximum atomic E-state index is 12.8. The van der Waals surface area contributed by atoms with Crippen molar-refractivity contribution < 1.29 is 22.1 Å². The molecule has 0 N–H and O–H groups in total. The smallest absolute Gasteiger partial charge is 0.339 e. The summed E-state index contributed by atoms with van der Waals surface area (Å²) in [7, 11) is -4.06. The molecule has 0 aliphatic rings. The number of fused-ring (bicyclic) bond motifs is 1. The third-order valence-corrected chi connectivity index (χ3v) is 4.96.